The summed E-state index contributed by atoms with van der Waals surface area (Å²) in [4.78, 5) is 2.54. The fraction of sp³-hybridized carbons (Fsp3) is 0.647. The van der Waals surface area contributed by atoms with E-state index in [0.717, 1.165) is 19.4 Å². The minimum absolute atomic E-state index is 0.378. The van der Waals surface area contributed by atoms with Crippen LogP contribution in [0.1, 0.15) is 39.0 Å². The molecule has 0 amide bonds. The Morgan fingerprint density at radius 3 is 2.75 bits per heavy atom. The lowest BCUT2D eigenvalue weighted by molar-refractivity contribution is 0.0232. The number of hydrogen-bond donors (Lipinski definition) is 1. The Hall–Kier alpha value is -1.22. The van der Waals surface area contributed by atoms with Gasteiger partial charge in [-0.3, -0.25) is 0 Å². The standard InChI is InChI=1S/C17H26N2O/c1-14-13-15(9-12-20-14)18-16-7-3-4-8-17(16)19-10-5-2-6-11-19/h3-4,7-8,14-15,18H,2,5-6,9-13H2,1H3. The molecule has 0 spiro atoms. The third-order valence-corrected chi connectivity index (χ3v) is 4.45. The van der Waals surface area contributed by atoms with Crippen LogP contribution in [0.2, 0.25) is 0 Å². The SMILES string of the molecule is CC1CC(Nc2ccccc2N2CCCCC2)CCO1. The Bertz CT molecular complexity index is 429. The Morgan fingerprint density at radius 1 is 1.15 bits per heavy atom. The van der Waals surface area contributed by atoms with Gasteiger partial charge in [0.1, 0.15) is 0 Å². The van der Waals surface area contributed by atoms with E-state index in [1.807, 2.05) is 0 Å². The molecule has 2 atom stereocenters. The quantitative estimate of drug-likeness (QED) is 0.910. The smallest absolute Gasteiger partial charge is 0.0602 e. The molecule has 1 N–H and O–H groups in total. The van der Waals surface area contributed by atoms with Gasteiger partial charge in [0.05, 0.1) is 17.5 Å². The largest absolute Gasteiger partial charge is 0.380 e. The zero-order chi connectivity index (χ0) is 13.8. The summed E-state index contributed by atoms with van der Waals surface area (Å²) in [7, 11) is 0. The molecule has 1 aromatic rings. The normalized spacial score (nSPS) is 27.4. The molecule has 2 unspecified atom stereocenters. The topological polar surface area (TPSA) is 24.5 Å². The number of piperidine rings is 1. The zero-order valence-electron chi connectivity index (χ0n) is 12.5. The van der Waals surface area contributed by atoms with E-state index in [0.29, 0.717) is 12.1 Å². The molecule has 2 saturated heterocycles. The van der Waals surface area contributed by atoms with Gasteiger partial charge in [-0.1, -0.05) is 12.1 Å². The van der Waals surface area contributed by atoms with Gasteiger partial charge in [0.25, 0.3) is 0 Å². The van der Waals surface area contributed by atoms with Crippen molar-refractivity contribution in [2.45, 2.75) is 51.2 Å². The van der Waals surface area contributed by atoms with E-state index in [1.54, 1.807) is 0 Å². The number of hydrogen-bond acceptors (Lipinski definition) is 3. The van der Waals surface area contributed by atoms with Crippen molar-refractivity contribution < 1.29 is 4.74 Å². The maximum atomic E-state index is 5.64. The van der Waals surface area contributed by atoms with Gasteiger partial charge in [-0.2, -0.15) is 0 Å². The Kier molecular flexibility index (Phi) is 4.46. The van der Waals surface area contributed by atoms with Crippen molar-refractivity contribution in [1.82, 2.24) is 0 Å². The molecule has 0 bridgehead atoms. The highest BCUT2D eigenvalue weighted by molar-refractivity contribution is 5.70. The summed E-state index contributed by atoms with van der Waals surface area (Å²) in [5, 5.41) is 3.76. The number of para-hydroxylation sites is 2. The lowest BCUT2D eigenvalue weighted by Gasteiger charge is -2.33. The first-order valence-corrected chi connectivity index (χ1v) is 8.05. The van der Waals surface area contributed by atoms with Crippen LogP contribution in [0.5, 0.6) is 0 Å². The van der Waals surface area contributed by atoms with Crippen molar-refractivity contribution in [3.8, 4) is 0 Å². The van der Waals surface area contributed by atoms with E-state index in [1.165, 1.54) is 43.7 Å². The highest BCUT2D eigenvalue weighted by Gasteiger charge is 2.21. The fourth-order valence-corrected chi connectivity index (χ4v) is 3.36. The molecular weight excluding hydrogens is 248 g/mol. The van der Waals surface area contributed by atoms with Gasteiger partial charge in [0.2, 0.25) is 0 Å². The minimum atomic E-state index is 0.378. The third kappa shape index (κ3) is 3.26. The second-order valence-corrected chi connectivity index (χ2v) is 6.11. The van der Waals surface area contributed by atoms with E-state index in [9.17, 15) is 0 Å². The molecule has 0 aliphatic carbocycles. The van der Waals surface area contributed by atoms with Gasteiger partial charge in [-0.15, -0.1) is 0 Å². The summed E-state index contributed by atoms with van der Waals surface area (Å²) in [6.45, 7) is 5.45. The van der Waals surface area contributed by atoms with Crippen molar-refractivity contribution in [1.29, 1.82) is 0 Å². The molecule has 2 aliphatic rings. The zero-order valence-corrected chi connectivity index (χ0v) is 12.5. The summed E-state index contributed by atoms with van der Waals surface area (Å²) in [5.41, 5.74) is 2.68. The Morgan fingerprint density at radius 2 is 1.95 bits per heavy atom. The van der Waals surface area contributed by atoms with Gasteiger partial charge in [-0.25, -0.2) is 0 Å². The molecule has 1 aromatic carbocycles. The number of anilines is 2. The summed E-state index contributed by atoms with van der Waals surface area (Å²) in [6.07, 6.45) is 6.62. The number of nitrogens with one attached hydrogen (secondary N) is 1. The van der Waals surface area contributed by atoms with E-state index in [-0.39, 0.29) is 0 Å². The number of nitrogens with zero attached hydrogens (tertiary/aromatic N) is 1. The molecule has 0 radical (unpaired) electrons. The van der Waals surface area contributed by atoms with E-state index in [4.69, 9.17) is 4.74 Å². The number of rotatable bonds is 3. The third-order valence-electron chi connectivity index (χ3n) is 4.45. The lowest BCUT2D eigenvalue weighted by Crippen LogP contribution is -2.34. The van der Waals surface area contributed by atoms with Crippen molar-refractivity contribution in [3.63, 3.8) is 0 Å². The van der Waals surface area contributed by atoms with Crippen LogP contribution in [-0.2, 0) is 4.74 Å². The highest BCUT2D eigenvalue weighted by Crippen LogP contribution is 2.30. The number of ether oxygens (including phenoxy) is 1. The van der Waals surface area contributed by atoms with Gasteiger partial charge >= 0.3 is 0 Å². The summed E-state index contributed by atoms with van der Waals surface area (Å²) < 4.78 is 5.64. The average Bonchev–Trinajstić information content (AvgIpc) is 2.49. The first kappa shape index (κ1) is 13.7. The molecule has 0 aromatic heterocycles. The maximum Gasteiger partial charge on any atom is 0.0602 e. The molecule has 2 fully saturated rings. The molecule has 2 aliphatic heterocycles. The first-order chi connectivity index (χ1) is 9.83. The van der Waals surface area contributed by atoms with Crippen LogP contribution in [0.15, 0.2) is 24.3 Å². The Balaban J connectivity index is 1.71. The molecule has 110 valence electrons. The van der Waals surface area contributed by atoms with E-state index >= 15 is 0 Å². The van der Waals surface area contributed by atoms with Gasteiger partial charge in [0, 0.05) is 25.7 Å². The molecule has 3 nitrogen and oxygen atoms in total. The van der Waals surface area contributed by atoms with Crippen LogP contribution in [0.25, 0.3) is 0 Å². The van der Waals surface area contributed by atoms with Crippen molar-refractivity contribution in [3.05, 3.63) is 24.3 Å². The van der Waals surface area contributed by atoms with Crippen LogP contribution in [0.3, 0.4) is 0 Å². The fourth-order valence-electron chi connectivity index (χ4n) is 3.36. The second-order valence-electron chi connectivity index (χ2n) is 6.11. The second kappa shape index (κ2) is 6.49. The van der Waals surface area contributed by atoms with Crippen LogP contribution >= 0.6 is 0 Å². The van der Waals surface area contributed by atoms with E-state index < -0.39 is 0 Å². The molecule has 3 heteroatoms. The highest BCUT2D eigenvalue weighted by atomic mass is 16.5. The molecule has 3 rings (SSSR count). The average molecular weight is 274 g/mol. The van der Waals surface area contributed by atoms with Gasteiger partial charge < -0.3 is 15.0 Å². The minimum Gasteiger partial charge on any atom is -0.380 e. The summed E-state index contributed by atoms with van der Waals surface area (Å²) in [5.74, 6) is 0. The van der Waals surface area contributed by atoms with Crippen LogP contribution in [-0.4, -0.2) is 31.8 Å². The van der Waals surface area contributed by atoms with Crippen LogP contribution in [0.4, 0.5) is 11.4 Å². The summed E-state index contributed by atoms with van der Waals surface area (Å²) >= 11 is 0. The van der Waals surface area contributed by atoms with Gasteiger partial charge in [0.15, 0.2) is 0 Å². The predicted octanol–water partition coefficient (Wildman–Crippen LogP) is 3.66. The first-order valence-electron chi connectivity index (χ1n) is 8.05. The van der Waals surface area contributed by atoms with Crippen LogP contribution < -0.4 is 10.2 Å². The lowest BCUT2D eigenvalue weighted by atomic mass is 10.0. The Labute approximate surface area is 122 Å². The molecule has 2 heterocycles. The van der Waals surface area contributed by atoms with E-state index in [2.05, 4.69) is 41.4 Å². The monoisotopic (exact) mass is 274 g/mol. The maximum absolute atomic E-state index is 5.64. The van der Waals surface area contributed by atoms with Gasteiger partial charge in [-0.05, 0) is 51.2 Å². The van der Waals surface area contributed by atoms with Crippen molar-refractivity contribution in [2.75, 3.05) is 29.9 Å². The summed E-state index contributed by atoms with van der Waals surface area (Å²) in [6, 6.07) is 9.32. The van der Waals surface area contributed by atoms with Crippen LogP contribution in [0, 0.1) is 0 Å². The predicted molar refractivity (Wildman–Crippen MR) is 84.6 cm³/mol. The molecule has 20 heavy (non-hydrogen) atoms. The molecular formula is C17H26N2O. The van der Waals surface area contributed by atoms with Crippen molar-refractivity contribution in [2.24, 2.45) is 0 Å². The molecule has 0 saturated carbocycles. The number of benzene rings is 1. The van der Waals surface area contributed by atoms with Crippen molar-refractivity contribution >= 4 is 11.4 Å².